The molecule has 1 unspecified atom stereocenters. The van der Waals surface area contributed by atoms with Gasteiger partial charge >= 0.3 is 242 Å². The minimum absolute atomic E-state index is 0.167. The zero-order valence-electron chi connectivity index (χ0n) is 24.5. The third kappa shape index (κ3) is 3.80. The Morgan fingerprint density at radius 3 is 2.48 bits per heavy atom. The van der Waals surface area contributed by atoms with Gasteiger partial charge in [0.25, 0.3) is 0 Å². The number of nitrogens with zero attached hydrogens (tertiary/aromatic N) is 2. The first kappa shape index (κ1) is 26.7. The van der Waals surface area contributed by atoms with E-state index in [0.29, 0.717) is 15.0 Å². The van der Waals surface area contributed by atoms with Crippen LogP contribution in [0.2, 0.25) is 6.55 Å². The summed E-state index contributed by atoms with van der Waals surface area (Å²) >= 11 is 2.28. The van der Waals surface area contributed by atoms with Crippen LogP contribution in [-0.2, 0) is 0 Å². The summed E-state index contributed by atoms with van der Waals surface area (Å²) in [6, 6.07) is 43.4. The number of allylic oxidation sites excluding steroid dienone is 2. The number of anilines is 2. The van der Waals surface area contributed by atoms with Gasteiger partial charge in [-0.25, -0.2) is 0 Å². The van der Waals surface area contributed by atoms with Crippen LogP contribution in [0.25, 0.3) is 0 Å². The molecule has 1 atom stereocenters. The summed E-state index contributed by atoms with van der Waals surface area (Å²) in [5, 5.41) is 14.5. The van der Waals surface area contributed by atoms with Gasteiger partial charge in [-0.1, -0.05) is 30.3 Å². The first-order chi connectivity index (χ1) is 21.6. The topological polar surface area (TPSA) is 27.0 Å². The number of para-hydroxylation sites is 1. The predicted molar refractivity (Wildman–Crippen MR) is 189 cm³/mol. The van der Waals surface area contributed by atoms with Gasteiger partial charge in [-0.05, 0) is 0 Å². The van der Waals surface area contributed by atoms with E-state index in [0.717, 1.165) is 12.0 Å². The molecule has 210 valence electrons. The molecule has 0 amide bonds. The Labute approximate surface area is 271 Å². The van der Waals surface area contributed by atoms with Crippen molar-refractivity contribution in [2.24, 2.45) is 0 Å². The van der Waals surface area contributed by atoms with Crippen molar-refractivity contribution in [3.05, 3.63) is 125 Å². The average Bonchev–Trinajstić information content (AvgIpc) is 3.08. The van der Waals surface area contributed by atoms with E-state index in [1.54, 1.807) is 4.47 Å². The fraction of sp³-hybridized carbons (Fsp3) is 0.132. The zero-order chi connectivity index (χ0) is 29.4. The number of fused-ring (bicyclic) bond motifs is 5. The minimum atomic E-state index is -2.35. The summed E-state index contributed by atoms with van der Waals surface area (Å²) in [5.74, 6) is 0. The summed E-state index contributed by atoms with van der Waals surface area (Å²) in [7, 11) is -2.35. The van der Waals surface area contributed by atoms with Gasteiger partial charge in [0.05, 0.1) is 0 Å². The number of hydrogen-bond acceptors (Lipinski definition) is 3. The van der Waals surface area contributed by atoms with Gasteiger partial charge in [0.1, 0.15) is 0 Å². The molecule has 5 aromatic carbocycles. The molecule has 0 fully saturated rings. The van der Waals surface area contributed by atoms with Gasteiger partial charge < -0.3 is 0 Å². The Balaban J connectivity index is 1.26. The van der Waals surface area contributed by atoms with Gasteiger partial charge in [0.15, 0.2) is 0 Å². The second kappa shape index (κ2) is 10.2. The molecule has 4 aliphatic rings. The van der Waals surface area contributed by atoms with Crippen LogP contribution in [0.15, 0.2) is 129 Å². The van der Waals surface area contributed by atoms with Crippen molar-refractivity contribution in [2.75, 3.05) is 4.90 Å². The number of hydrogen-bond donors (Lipinski definition) is 0. The third-order valence-corrected chi connectivity index (χ3v) is 18.3. The Hall–Kier alpha value is -3.72. The van der Waals surface area contributed by atoms with E-state index in [1.807, 2.05) is 11.8 Å². The first-order valence-electron chi connectivity index (χ1n) is 15.5. The summed E-state index contributed by atoms with van der Waals surface area (Å²) in [5.41, 5.74) is 9.18. The van der Waals surface area contributed by atoms with E-state index in [-0.39, 0.29) is 6.71 Å². The van der Waals surface area contributed by atoms with Crippen LogP contribution in [0.5, 0.6) is 0 Å². The summed E-state index contributed by atoms with van der Waals surface area (Å²) in [6.07, 6.45) is 4.97. The van der Waals surface area contributed by atoms with Crippen molar-refractivity contribution in [1.29, 1.82) is 5.26 Å². The molecule has 9 rings (SSSR count). The van der Waals surface area contributed by atoms with E-state index < -0.39 is 8.07 Å². The normalized spacial score (nSPS) is 19.3. The quantitative estimate of drug-likeness (QED) is 0.260. The summed E-state index contributed by atoms with van der Waals surface area (Å²) in [4.78, 5) is 5.14. The molecular formula is C38H29BN2SSeSi. The monoisotopic (exact) mass is 664 g/mol. The molecular weight excluding hydrogens is 634 g/mol. The van der Waals surface area contributed by atoms with Crippen molar-refractivity contribution in [3.8, 4) is 6.07 Å². The molecule has 3 heterocycles. The van der Waals surface area contributed by atoms with Crippen LogP contribution in [0.4, 0.5) is 11.4 Å². The van der Waals surface area contributed by atoms with E-state index in [2.05, 4.69) is 127 Å². The maximum absolute atomic E-state index is 10.2. The van der Waals surface area contributed by atoms with E-state index in [1.165, 1.54) is 82.5 Å². The van der Waals surface area contributed by atoms with Crippen LogP contribution in [0.1, 0.15) is 31.2 Å². The molecule has 0 aromatic heterocycles. The van der Waals surface area contributed by atoms with Crippen LogP contribution in [0, 0.1) is 11.3 Å². The third-order valence-electron chi connectivity index (χ3n) is 10.0. The molecule has 2 nitrogen and oxygen atoms in total. The fourth-order valence-corrected chi connectivity index (χ4v) is 16.2. The fourth-order valence-electron chi connectivity index (χ4n) is 8.01. The molecule has 1 aliphatic carbocycles. The van der Waals surface area contributed by atoms with Crippen LogP contribution < -0.4 is 41.3 Å². The standard InChI is InChI=1S/C38H29BN2SSeSi/c1-44(27-11-3-2-4-12-27)36-18-10-5-13-29(36)39-28-20-19-26(23-32(28)42-33-21-25(24-40)22-37(44)38(33)39)41-30-14-6-8-16-34(30)43-35-17-9-7-15-31(35)41/h2-6,8,10-14,16,18-23H,7,9,15,17H2,1H3. The first-order valence-corrected chi connectivity index (χ1v) is 20.5. The molecule has 0 radical (unpaired) electrons. The molecule has 3 aliphatic heterocycles. The van der Waals surface area contributed by atoms with Crippen molar-refractivity contribution >= 4 is 89.3 Å². The van der Waals surface area contributed by atoms with Gasteiger partial charge in [-0.2, -0.15) is 0 Å². The Morgan fingerprint density at radius 2 is 1.59 bits per heavy atom. The van der Waals surface area contributed by atoms with Crippen molar-refractivity contribution in [1.82, 2.24) is 0 Å². The van der Waals surface area contributed by atoms with Gasteiger partial charge in [0.2, 0.25) is 0 Å². The molecule has 0 bridgehead atoms. The van der Waals surface area contributed by atoms with Gasteiger partial charge in [-0.3, -0.25) is 0 Å². The van der Waals surface area contributed by atoms with E-state index >= 15 is 0 Å². The van der Waals surface area contributed by atoms with Crippen molar-refractivity contribution in [3.63, 3.8) is 0 Å². The molecule has 0 spiro atoms. The second-order valence-corrected chi connectivity index (χ2v) is 19.7. The Morgan fingerprint density at radius 1 is 0.795 bits per heavy atom. The van der Waals surface area contributed by atoms with Crippen LogP contribution >= 0.6 is 11.8 Å². The Kier molecular flexibility index (Phi) is 6.16. The molecule has 0 N–H and O–H groups in total. The number of nitriles is 1. The molecule has 0 saturated carbocycles. The number of rotatable bonds is 2. The average molecular weight is 664 g/mol. The van der Waals surface area contributed by atoms with Crippen LogP contribution in [-0.4, -0.2) is 29.7 Å². The van der Waals surface area contributed by atoms with Gasteiger partial charge in [0, 0.05) is 0 Å². The molecule has 6 heteroatoms. The molecule has 5 aromatic rings. The predicted octanol–water partition coefficient (Wildman–Crippen LogP) is 4.22. The Bertz CT molecular complexity index is 2090. The maximum atomic E-state index is 10.2. The van der Waals surface area contributed by atoms with Crippen LogP contribution in [0.3, 0.4) is 0 Å². The molecule has 44 heavy (non-hydrogen) atoms. The SMILES string of the molecule is C[Si]1(c2ccccc2)c2ccccc2B2c3ccc(N4C5=C(CCCC5)[Se]c5ccccc54)cc3Sc3cc(C#N)cc1c32. The zero-order valence-corrected chi connectivity index (χ0v) is 28.0. The number of benzene rings is 5. The summed E-state index contributed by atoms with van der Waals surface area (Å²) < 4.78 is 3.17. The van der Waals surface area contributed by atoms with E-state index in [4.69, 9.17) is 0 Å². The van der Waals surface area contributed by atoms with Crippen molar-refractivity contribution < 1.29 is 0 Å². The molecule has 0 saturated heterocycles. The van der Waals surface area contributed by atoms with E-state index in [9.17, 15) is 5.26 Å². The van der Waals surface area contributed by atoms with Gasteiger partial charge in [-0.15, -0.1) is 0 Å². The van der Waals surface area contributed by atoms with Crippen molar-refractivity contribution in [2.45, 2.75) is 42.0 Å². The second-order valence-electron chi connectivity index (χ2n) is 12.4. The summed E-state index contributed by atoms with van der Waals surface area (Å²) in [6.45, 7) is 2.65.